The second-order valence-corrected chi connectivity index (χ2v) is 5.71. The summed E-state index contributed by atoms with van der Waals surface area (Å²) in [5, 5.41) is 4.70. The Morgan fingerprint density at radius 3 is 2.35 bits per heavy atom. The zero-order valence-corrected chi connectivity index (χ0v) is 11.6. The summed E-state index contributed by atoms with van der Waals surface area (Å²) in [6.07, 6.45) is -4.65. The predicted molar refractivity (Wildman–Crippen MR) is 64.8 cm³/mol. The summed E-state index contributed by atoms with van der Waals surface area (Å²) < 4.78 is 41.9. The Labute approximate surface area is 115 Å². The first kappa shape index (κ1) is 16.7. The Morgan fingerprint density at radius 1 is 1.25 bits per heavy atom. The molecule has 0 bridgehead atoms. The number of esters is 1. The number of rotatable bonds is 2. The quantitative estimate of drug-likeness (QED) is 0.746. The Balaban J connectivity index is 2.72. The number of alkyl halides is 3. The van der Waals surface area contributed by atoms with E-state index >= 15 is 0 Å². The number of carbonyl (C=O) groups excluding carboxylic acids is 2. The van der Waals surface area contributed by atoms with Crippen molar-refractivity contribution in [1.29, 1.82) is 0 Å². The Hall–Kier alpha value is -1.31. The van der Waals surface area contributed by atoms with Crippen LogP contribution in [0.1, 0.15) is 27.2 Å². The maximum atomic E-state index is 12.3. The van der Waals surface area contributed by atoms with Crippen molar-refractivity contribution in [3.8, 4) is 0 Å². The molecule has 0 saturated carbocycles. The molecule has 1 amide bonds. The molecule has 116 valence electrons. The number of carbonyl (C=O) groups is 2. The SMILES string of the molecule is CC(C)(C)OC(=O)[C@H]1CCNC[C@@H]1NC(=O)C(F)(F)F. The van der Waals surface area contributed by atoms with E-state index in [1.807, 2.05) is 5.32 Å². The molecule has 0 spiro atoms. The first-order valence-electron chi connectivity index (χ1n) is 6.32. The van der Waals surface area contributed by atoms with E-state index in [9.17, 15) is 22.8 Å². The van der Waals surface area contributed by atoms with Crippen LogP contribution in [0.3, 0.4) is 0 Å². The van der Waals surface area contributed by atoms with Crippen molar-refractivity contribution < 1.29 is 27.5 Å². The minimum atomic E-state index is -4.96. The topological polar surface area (TPSA) is 67.4 Å². The molecule has 1 aliphatic heterocycles. The standard InChI is InChI=1S/C12H19F3N2O3/c1-11(2,3)20-9(18)7-4-5-16-6-8(7)17-10(19)12(13,14)15/h7-8,16H,4-6H2,1-3H3,(H,17,19)/t7-,8-/m0/s1. The number of ether oxygens (including phenoxy) is 1. The van der Waals surface area contributed by atoms with Crippen LogP contribution in [0.4, 0.5) is 13.2 Å². The van der Waals surface area contributed by atoms with Crippen LogP contribution in [-0.2, 0) is 14.3 Å². The molecule has 1 saturated heterocycles. The van der Waals surface area contributed by atoms with Gasteiger partial charge in [-0.15, -0.1) is 0 Å². The van der Waals surface area contributed by atoms with E-state index in [2.05, 4.69) is 5.32 Å². The van der Waals surface area contributed by atoms with E-state index in [0.29, 0.717) is 13.0 Å². The number of amides is 1. The number of hydrogen-bond donors (Lipinski definition) is 2. The molecule has 1 rings (SSSR count). The van der Waals surface area contributed by atoms with Gasteiger partial charge in [-0.05, 0) is 33.7 Å². The third kappa shape index (κ3) is 4.99. The molecule has 8 heteroatoms. The van der Waals surface area contributed by atoms with E-state index in [0.717, 1.165) is 0 Å². The van der Waals surface area contributed by atoms with Crippen LogP contribution < -0.4 is 10.6 Å². The average Bonchev–Trinajstić information content (AvgIpc) is 2.25. The van der Waals surface area contributed by atoms with Crippen LogP contribution in [0.25, 0.3) is 0 Å². The van der Waals surface area contributed by atoms with Crippen molar-refractivity contribution in [2.45, 2.75) is 45.0 Å². The molecule has 5 nitrogen and oxygen atoms in total. The molecule has 20 heavy (non-hydrogen) atoms. The first-order valence-corrected chi connectivity index (χ1v) is 6.32. The van der Waals surface area contributed by atoms with Crippen LogP contribution in [0.2, 0.25) is 0 Å². The molecule has 0 aliphatic carbocycles. The van der Waals surface area contributed by atoms with Crippen LogP contribution >= 0.6 is 0 Å². The van der Waals surface area contributed by atoms with Gasteiger partial charge in [0.2, 0.25) is 0 Å². The average molecular weight is 296 g/mol. The van der Waals surface area contributed by atoms with Gasteiger partial charge in [0.1, 0.15) is 5.60 Å². The maximum Gasteiger partial charge on any atom is 0.471 e. The Morgan fingerprint density at radius 2 is 1.85 bits per heavy atom. The monoisotopic (exact) mass is 296 g/mol. The van der Waals surface area contributed by atoms with Gasteiger partial charge < -0.3 is 15.4 Å². The molecule has 2 N–H and O–H groups in total. The molecular weight excluding hydrogens is 277 g/mol. The minimum absolute atomic E-state index is 0.103. The van der Waals surface area contributed by atoms with Gasteiger partial charge in [-0.25, -0.2) is 0 Å². The van der Waals surface area contributed by atoms with E-state index in [1.54, 1.807) is 20.8 Å². The Bertz CT molecular complexity index is 377. The minimum Gasteiger partial charge on any atom is -0.460 e. The van der Waals surface area contributed by atoms with Gasteiger partial charge in [0.15, 0.2) is 0 Å². The lowest BCUT2D eigenvalue weighted by atomic mass is 9.92. The highest BCUT2D eigenvalue weighted by Gasteiger charge is 2.43. The smallest absolute Gasteiger partial charge is 0.460 e. The van der Waals surface area contributed by atoms with Gasteiger partial charge in [0, 0.05) is 6.54 Å². The summed E-state index contributed by atoms with van der Waals surface area (Å²) in [6, 6.07) is -0.923. The van der Waals surface area contributed by atoms with Crippen LogP contribution in [0.5, 0.6) is 0 Å². The largest absolute Gasteiger partial charge is 0.471 e. The molecule has 1 fully saturated rings. The lowest BCUT2D eigenvalue weighted by Gasteiger charge is -2.33. The van der Waals surface area contributed by atoms with E-state index in [1.165, 1.54) is 0 Å². The number of nitrogens with one attached hydrogen (secondary N) is 2. The van der Waals surface area contributed by atoms with Crippen molar-refractivity contribution in [2.75, 3.05) is 13.1 Å². The van der Waals surface area contributed by atoms with Gasteiger partial charge >= 0.3 is 18.1 Å². The summed E-state index contributed by atoms with van der Waals surface area (Å²) in [6.45, 7) is 5.62. The molecule has 0 aromatic rings. The molecule has 0 unspecified atom stereocenters. The zero-order chi connectivity index (χ0) is 15.6. The van der Waals surface area contributed by atoms with Crippen LogP contribution in [0.15, 0.2) is 0 Å². The first-order chi connectivity index (χ1) is 9.00. The van der Waals surface area contributed by atoms with Crippen molar-refractivity contribution >= 4 is 11.9 Å². The summed E-state index contributed by atoms with van der Waals surface area (Å²) in [7, 11) is 0. The third-order valence-electron chi connectivity index (χ3n) is 2.77. The normalized spacial score (nSPS) is 24.1. The molecule has 0 radical (unpaired) electrons. The summed E-state index contributed by atoms with van der Waals surface area (Å²) >= 11 is 0. The lowest BCUT2D eigenvalue weighted by Crippen LogP contribution is -2.56. The van der Waals surface area contributed by atoms with Gasteiger partial charge in [-0.2, -0.15) is 13.2 Å². The second-order valence-electron chi connectivity index (χ2n) is 5.71. The second kappa shape index (κ2) is 5.99. The summed E-state index contributed by atoms with van der Waals surface area (Å²) in [5.41, 5.74) is -0.722. The highest BCUT2D eigenvalue weighted by atomic mass is 19.4. The fraction of sp³-hybridized carbons (Fsp3) is 0.833. The molecule has 0 aromatic carbocycles. The number of halogens is 3. The third-order valence-corrected chi connectivity index (χ3v) is 2.77. The van der Waals surface area contributed by atoms with Gasteiger partial charge in [-0.3, -0.25) is 9.59 Å². The zero-order valence-electron chi connectivity index (χ0n) is 11.6. The fourth-order valence-electron chi connectivity index (χ4n) is 1.92. The molecule has 2 atom stereocenters. The number of hydrogen-bond acceptors (Lipinski definition) is 4. The summed E-state index contributed by atoms with van der Waals surface area (Å²) in [5.74, 6) is -3.41. The Kier molecular flexibility index (Phi) is 5.01. The number of piperidine rings is 1. The maximum absolute atomic E-state index is 12.3. The van der Waals surface area contributed by atoms with Gasteiger partial charge in [0.05, 0.1) is 12.0 Å². The molecule has 1 aliphatic rings. The fourth-order valence-corrected chi connectivity index (χ4v) is 1.92. The van der Waals surface area contributed by atoms with Gasteiger partial charge in [0.25, 0.3) is 0 Å². The van der Waals surface area contributed by atoms with Crippen molar-refractivity contribution in [3.63, 3.8) is 0 Å². The molecule has 1 heterocycles. The highest BCUT2D eigenvalue weighted by molar-refractivity contribution is 5.83. The summed E-state index contributed by atoms with van der Waals surface area (Å²) in [4.78, 5) is 22.9. The van der Waals surface area contributed by atoms with E-state index < -0.39 is 35.6 Å². The van der Waals surface area contributed by atoms with Crippen LogP contribution in [-0.4, -0.2) is 42.8 Å². The highest BCUT2D eigenvalue weighted by Crippen LogP contribution is 2.21. The van der Waals surface area contributed by atoms with E-state index in [4.69, 9.17) is 4.74 Å². The van der Waals surface area contributed by atoms with Crippen LogP contribution in [0, 0.1) is 5.92 Å². The molecular formula is C12H19F3N2O3. The van der Waals surface area contributed by atoms with Crippen molar-refractivity contribution in [1.82, 2.24) is 10.6 Å². The van der Waals surface area contributed by atoms with Crippen molar-refractivity contribution in [2.24, 2.45) is 5.92 Å². The van der Waals surface area contributed by atoms with E-state index in [-0.39, 0.29) is 6.54 Å². The molecule has 0 aromatic heterocycles. The van der Waals surface area contributed by atoms with Gasteiger partial charge in [-0.1, -0.05) is 0 Å². The predicted octanol–water partition coefficient (Wildman–Crippen LogP) is 0.985. The van der Waals surface area contributed by atoms with Crippen molar-refractivity contribution in [3.05, 3.63) is 0 Å². The lowest BCUT2D eigenvalue weighted by molar-refractivity contribution is -0.176.